The van der Waals surface area contributed by atoms with E-state index in [0.29, 0.717) is 17.9 Å². The maximum Gasteiger partial charge on any atom is 0.250 e. The Hall–Kier alpha value is -3.29. The van der Waals surface area contributed by atoms with Gasteiger partial charge in [-0.3, -0.25) is 4.79 Å². The molecule has 32 heavy (non-hydrogen) atoms. The minimum atomic E-state index is -0.414. The Morgan fingerprint density at radius 2 is 1.97 bits per heavy atom. The molecule has 2 aromatic heterocycles. The third-order valence-electron chi connectivity index (χ3n) is 5.93. The largest absolute Gasteiger partial charge is 0.366 e. The maximum atomic E-state index is 12.0. The number of carbonyl (C=O) groups excluding carboxylic acids is 1. The van der Waals surface area contributed by atoms with Crippen molar-refractivity contribution >= 4 is 33.1 Å². The van der Waals surface area contributed by atoms with Crippen LogP contribution in [0.2, 0.25) is 0 Å². The van der Waals surface area contributed by atoms with Gasteiger partial charge in [-0.15, -0.1) is 11.3 Å². The molecule has 0 spiro atoms. The summed E-state index contributed by atoms with van der Waals surface area (Å²) in [7, 11) is 2.12. The number of fused-ring (bicyclic) bond motifs is 2. The number of hydrogen-bond acceptors (Lipinski definition) is 6. The molecule has 1 aliphatic heterocycles. The summed E-state index contributed by atoms with van der Waals surface area (Å²) in [5.74, 6) is 1.17. The van der Waals surface area contributed by atoms with Crippen LogP contribution in [-0.2, 0) is 19.5 Å². The molecule has 3 N–H and O–H groups in total. The van der Waals surface area contributed by atoms with E-state index in [1.54, 1.807) is 17.4 Å². The van der Waals surface area contributed by atoms with Gasteiger partial charge < -0.3 is 16.0 Å². The number of nitrogens with one attached hydrogen (secondary N) is 1. The van der Waals surface area contributed by atoms with Crippen molar-refractivity contribution < 1.29 is 4.79 Å². The number of thiophene rings is 1. The number of aromatic nitrogens is 2. The summed E-state index contributed by atoms with van der Waals surface area (Å²) in [4.78, 5) is 25.3. The first-order valence-electron chi connectivity index (χ1n) is 10.7. The van der Waals surface area contributed by atoms with Crippen LogP contribution < -0.4 is 11.1 Å². The number of hydrogen-bond donors (Lipinski definition) is 2. The Balaban J connectivity index is 1.63. The van der Waals surface area contributed by atoms with Crippen LogP contribution in [0.5, 0.6) is 0 Å². The smallest absolute Gasteiger partial charge is 0.250 e. The molecule has 1 aliphatic rings. The van der Waals surface area contributed by atoms with Gasteiger partial charge in [0.25, 0.3) is 0 Å². The molecule has 5 rings (SSSR count). The first-order chi connectivity index (χ1) is 15.5. The average Bonchev–Trinajstić information content (AvgIpc) is 3.13. The van der Waals surface area contributed by atoms with Gasteiger partial charge in [0.1, 0.15) is 5.82 Å². The molecule has 1 amide bonds. The molecule has 0 radical (unpaired) electrons. The number of aryl methyl sites for hydroxylation is 1. The molecule has 0 bridgehead atoms. The minimum Gasteiger partial charge on any atom is -0.366 e. The predicted octanol–water partition coefficient (Wildman–Crippen LogP) is 4.37. The summed E-state index contributed by atoms with van der Waals surface area (Å²) in [6.45, 7) is 4.54. The second kappa shape index (κ2) is 8.33. The predicted molar refractivity (Wildman–Crippen MR) is 130 cm³/mol. The van der Waals surface area contributed by atoms with Crippen molar-refractivity contribution in [2.75, 3.05) is 18.9 Å². The number of nitrogens with two attached hydrogens (primary N) is 1. The van der Waals surface area contributed by atoms with Gasteiger partial charge in [-0.1, -0.05) is 42.5 Å². The Morgan fingerprint density at radius 1 is 1.16 bits per heavy atom. The third kappa shape index (κ3) is 3.74. The van der Waals surface area contributed by atoms with Gasteiger partial charge in [0.05, 0.1) is 11.3 Å². The van der Waals surface area contributed by atoms with E-state index in [4.69, 9.17) is 15.7 Å². The van der Waals surface area contributed by atoms with Crippen molar-refractivity contribution in [2.45, 2.75) is 26.4 Å². The maximum absolute atomic E-state index is 12.0. The number of carbonyl (C=O) groups is 1. The van der Waals surface area contributed by atoms with E-state index in [1.807, 2.05) is 30.3 Å². The first-order valence-corrected chi connectivity index (χ1v) is 11.5. The normalized spacial score (nSPS) is 13.8. The Kier molecular flexibility index (Phi) is 5.36. The SMILES string of the molecule is Cc1sc2c(C(N)=O)cccc2c1-c1nc2c(c(NCc3ccccc3)n1)CN(C)CC2. The summed E-state index contributed by atoms with van der Waals surface area (Å²) in [5.41, 5.74) is 10.6. The molecular weight excluding hydrogens is 418 g/mol. The van der Waals surface area contributed by atoms with Crippen LogP contribution in [-0.4, -0.2) is 34.4 Å². The fourth-order valence-electron chi connectivity index (χ4n) is 4.30. The van der Waals surface area contributed by atoms with E-state index >= 15 is 0 Å². The van der Waals surface area contributed by atoms with Crippen molar-refractivity contribution in [3.05, 3.63) is 75.8 Å². The summed E-state index contributed by atoms with van der Waals surface area (Å²) in [6.07, 6.45) is 0.884. The van der Waals surface area contributed by atoms with Gasteiger partial charge in [0.2, 0.25) is 5.91 Å². The van der Waals surface area contributed by atoms with Crippen LogP contribution in [0, 0.1) is 6.92 Å². The zero-order chi connectivity index (χ0) is 22.2. The van der Waals surface area contributed by atoms with E-state index in [9.17, 15) is 4.79 Å². The Labute approximate surface area is 191 Å². The lowest BCUT2D eigenvalue weighted by molar-refractivity contribution is 0.100. The zero-order valence-electron chi connectivity index (χ0n) is 18.2. The van der Waals surface area contributed by atoms with Crippen LogP contribution in [0.15, 0.2) is 48.5 Å². The minimum absolute atomic E-state index is 0.414. The standard InChI is InChI=1S/C25H25N5OS/c1-15-21(17-9-6-10-18(23(26)31)22(17)32-15)25-28-20-11-12-30(2)14-19(20)24(29-25)27-13-16-7-4-3-5-8-16/h3-10H,11-14H2,1-2H3,(H2,26,31)(H,27,28,29). The monoisotopic (exact) mass is 443 g/mol. The third-order valence-corrected chi connectivity index (χ3v) is 7.09. The van der Waals surface area contributed by atoms with Crippen LogP contribution >= 0.6 is 11.3 Å². The van der Waals surface area contributed by atoms with Crippen molar-refractivity contribution in [3.63, 3.8) is 0 Å². The average molecular weight is 444 g/mol. The lowest BCUT2D eigenvalue weighted by atomic mass is 10.0. The van der Waals surface area contributed by atoms with Crippen molar-refractivity contribution in [3.8, 4) is 11.4 Å². The van der Waals surface area contributed by atoms with E-state index in [2.05, 4.69) is 36.3 Å². The molecule has 162 valence electrons. The van der Waals surface area contributed by atoms with Gasteiger partial charge in [0, 0.05) is 52.1 Å². The number of rotatable bonds is 5. The summed E-state index contributed by atoms with van der Waals surface area (Å²) in [6, 6.07) is 16.0. The zero-order valence-corrected chi connectivity index (χ0v) is 19.0. The van der Waals surface area contributed by atoms with Crippen molar-refractivity contribution in [1.82, 2.24) is 14.9 Å². The van der Waals surface area contributed by atoms with Crippen LogP contribution in [0.3, 0.4) is 0 Å². The summed E-state index contributed by atoms with van der Waals surface area (Å²) >= 11 is 1.57. The molecule has 0 aliphatic carbocycles. The summed E-state index contributed by atoms with van der Waals surface area (Å²) < 4.78 is 0.896. The van der Waals surface area contributed by atoms with Gasteiger partial charge in [-0.25, -0.2) is 9.97 Å². The second-order valence-electron chi connectivity index (χ2n) is 8.23. The molecule has 6 nitrogen and oxygen atoms in total. The molecule has 3 heterocycles. The molecule has 7 heteroatoms. The molecule has 0 saturated heterocycles. The highest BCUT2D eigenvalue weighted by Crippen LogP contribution is 2.39. The molecule has 0 unspecified atom stereocenters. The van der Waals surface area contributed by atoms with E-state index in [0.717, 1.165) is 57.1 Å². The van der Waals surface area contributed by atoms with E-state index in [1.165, 1.54) is 5.56 Å². The molecule has 0 saturated carbocycles. The van der Waals surface area contributed by atoms with Gasteiger partial charge in [-0.05, 0) is 25.6 Å². The highest BCUT2D eigenvalue weighted by Gasteiger charge is 2.24. The van der Waals surface area contributed by atoms with Crippen LogP contribution in [0.1, 0.15) is 32.1 Å². The van der Waals surface area contributed by atoms with E-state index in [-0.39, 0.29) is 0 Å². The van der Waals surface area contributed by atoms with E-state index < -0.39 is 5.91 Å². The molecule has 2 aromatic carbocycles. The molecule has 0 atom stereocenters. The highest BCUT2D eigenvalue weighted by atomic mass is 32.1. The van der Waals surface area contributed by atoms with Gasteiger partial charge in [0.15, 0.2) is 5.82 Å². The number of primary amides is 1. The molecular formula is C25H25N5OS. The number of benzene rings is 2. The van der Waals surface area contributed by atoms with Crippen molar-refractivity contribution in [2.24, 2.45) is 5.73 Å². The molecule has 0 fully saturated rings. The Bertz CT molecular complexity index is 1320. The highest BCUT2D eigenvalue weighted by molar-refractivity contribution is 7.20. The summed E-state index contributed by atoms with van der Waals surface area (Å²) in [5, 5.41) is 4.54. The number of anilines is 1. The number of nitrogens with zero attached hydrogens (tertiary/aromatic N) is 3. The first kappa shape index (κ1) is 20.6. The lowest BCUT2D eigenvalue weighted by Gasteiger charge is -2.26. The number of likely N-dealkylation sites (N-methyl/N-ethyl adjacent to an activating group) is 1. The second-order valence-corrected chi connectivity index (χ2v) is 9.45. The van der Waals surface area contributed by atoms with Crippen LogP contribution in [0.25, 0.3) is 21.5 Å². The fraction of sp³-hybridized carbons (Fsp3) is 0.240. The lowest BCUT2D eigenvalue weighted by Crippen LogP contribution is -2.29. The van der Waals surface area contributed by atoms with Gasteiger partial charge in [-0.2, -0.15) is 0 Å². The number of amides is 1. The topological polar surface area (TPSA) is 84.1 Å². The quantitative estimate of drug-likeness (QED) is 0.479. The fourth-order valence-corrected chi connectivity index (χ4v) is 5.47. The van der Waals surface area contributed by atoms with Crippen LogP contribution in [0.4, 0.5) is 5.82 Å². The molecule has 4 aromatic rings. The van der Waals surface area contributed by atoms with Crippen molar-refractivity contribution in [1.29, 1.82) is 0 Å². The van der Waals surface area contributed by atoms with Gasteiger partial charge >= 0.3 is 0 Å². The Morgan fingerprint density at radius 3 is 2.75 bits per heavy atom.